The van der Waals surface area contributed by atoms with E-state index in [0.717, 1.165) is 23.8 Å². The first-order valence-electron chi connectivity index (χ1n) is 5.37. The predicted octanol–water partition coefficient (Wildman–Crippen LogP) is 1.21. The van der Waals surface area contributed by atoms with Gasteiger partial charge in [0.15, 0.2) is 0 Å². The maximum Gasteiger partial charge on any atom is 0.138 e. The van der Waals surface area contributed by atoms with Gasteiger partial charge in [-0.3, -0.25) is 4.68 Å². The molecule has 0 bridgehead atoms. The number of nitrogens with two attached hydrogens (primary N) is 1. The number of furan rings is 1. The number of nitrogens with zero attached hydrogens (tertiary/aromatic N) is 3. The third kappa shape index (κ3) is 2.14. The molecule has 2 N–H and O–H groups in total. The molecule has 5 nitrogen and oxygen atoms in total. The van der Waals surface area contributed by atoms with Gasteiger partial charge in [0.25, 0.3) is 0 Å². The van der Waals surface area contributed by atoms with Gasteiger partial charge in [0.2, 0.25) is 0 Å². The lowest BCUT2D eigenvalue weighted by Gasteiger charge is -2.07. The van der Waals surface area contributed by atoms with Gasteiger partial charge in [-0.05, 0) is 12.1 Å². The molecule has 0 aliphatic heterocycles. The Labute approximate surface area is 94.3 Å². The van der Waals surface area contributed by atoms with E-state index in [-0.39, 0.29) is 6.04 Å². The largest absolute Gasteiger partial charge is 0.464 e. The van der Waals surface area contributed by atoms with Crippen LogP contribution in [0.15, 0.2) is 22.9 Å². The summed E-state index contributed by atoms with van der Waals surface area (Å²) in [5.74, 6) is 2.63. The fourth-order valence-corrected chi connectivity index (χ4v) is 1.59. The van der Waals surface area contributed by atoms with E-state index in [4.69, 9.17) is 10.2 Å². The Balaban J connectivity index is 2.08. The zero-order valence-corrected chi connectivity index (χ0v) is 9.55. The van der Waals surface area contributed by atoms with E-state index >= 15 is 0 Å². The van der Waals surface area contributed by atoms with Crippen LogP contribution in [0.1, 0.15) is 30.3 Å². The minimum Gasteiger partial charge on any atom is -0.464 e. The standard InChI is InChI=1S/C11H16N4O/c1-3-8-4-5-10(16-8)9(12)6-11-13-7-14-15(11)2/h4-5,7,9H,3,6,12H2,1-2H3. The van der Waals surface area contributed by atoms with Gasteiger partial charge >= 0.3 is 0 Å². The van der Waals surface area contributed by atoms with Crippen molar-refractivity contribution in [2.24, 2.45) is 12.8 Å². The van der Waals surface area contributed by atoms with E-state index in [2.05, 4.69) is 17.0 Å². The minimum atomic E-state index is -0.164. The van der Waals surface area contributed by atoms with Crippen LogP contribution in [-0.4, -0.2) is 14.8 Å². The molecule has 0 amide bonds. The second-order valence-corrected chi connectivity index (χ2v) is 3.77. The zero-order chi connectivity index (χ0) is 11.5. The average molecular weight is 220 g/mol. The summed E-state index contributed by atoms with van der Waals surface area (Å²) in [6.45, 7) is 2.05. The highest BCUT2D eigenvalue weighted by Crippen LogP contribution is 2.17. The van der Waals surface area contributed by atoms with Gasteiger partial charge in [0, 0.05) is 19.9 Å². The highest BCUT2D eigenvalue weighted by atomic mass is 16.3. The van der Waals surface area contributed by atoms with Gasteiger partial charge in [-0.15, -0.1) is 0 Å². The number of hydrogen-bond donors (Lipinski definition) is 1. The SMILES string of the molecule is CCc1ccc(C(N)Cc2ncnn2C)o1. The summed E-state index contributed by atoms with van der Waals surface area (Å²) in [4.78, 5) is 4.14. The molecule has 16 heavy (non-hydrogen) atoms. The molecule has 0 aliphatic rings. The van der Waals surface area contributed by atoms with Gasteiger partial charge in [0.05, 0.1) is 6.04 Å². The highest BCUT2D eigenvalue weighted by Gasteiger charge is 2.14. The lowest BCUT2D eigenvalue weighted by Crippen LogP contribution is -2.15. The van der Waals surface area contributed by atoms with Crippen LogP contribution in [0.4, 0.5) is 0 Å². The van der Waals surface area contributed by atoms with E-state index in [1.54, 1.807) is 4.68 Å². The molecule has 0 saturated carbocycles. The molecule has 5 heteroatoms. The Morgan fingerprint density at radius 2 is 2.31 bits per heavy atom. The van der Waals surface area contributed by atoms with Crippen molar-refractivity contribution in [3.63, 3.8) is 0 Å². The monoisotopic (exact) mass is 220 g/mol. The average Bonchev–Trinajstić information content (AvgIpc) is 2.88. The van der Waals surface area contributed by atoms with E-state index in [1.807, 2.05) is 19.2 Å². The molecule has 1 unspecified atom stereocenters. The normalized spacial score (nSPS) is 12.9. The molecule has 2 aromatic rings. The molecule has 2 heterocycles. The van der Waals surface area contributed by atoms with Crippen LogP contribution in [-0.2, 0) is 19.9 Å². The summed E-state index contributed by atoms with van der Waals surface area (Å²) < 4.78 is 7.33. The van der Waals surface area contributed by atoms with Crippen LogP contribution in [0, 0.1) is 0 Å². The fourth-order valence-electron chi connectivity index (χ4n) is 1.59. The fraction of sp³-hybridized carbons (Fsp3) is 0.455. The van der Waals surface area contributed by atoms with E-state index in [0.29, 0.717) is 6.42 Å². The second-order valence-electron chi connectivity index (χ2n) is 3.77. The number of rotatable bonds is 4. The summed E-state index contributed by atoms with van der Waals surface area (Å²) in [5.41, 5.74) is 6.05. The summed E-state index contributed by atoms with van der Waals surface area (Å²) in [6, 6.07) is 3.73. The zero-order valence-electron chi connectivity index (χ0n) is 9.55. The molecule has 2 rings (SSSR count). The Bertz CT molecular complexity index is 460. The van der Waals surface area contributed by atoms with Gasteiger partial charge in [0.1, 0.15) is 23.7 Å². The Kier molecular flexibility index (Phi) is 3.05. The first-order valence-corrected chi connectivity index (χ1v) is 5.37. The van der Waals surface area contributed by atoms with Crippen molar-refractivity contribution >= 4 is 0 Å². The second kappa shape index (κ2) is 4.49. The summed E-state index contributed by atoms with van der Waals surface area (Å²) in [5, 5.41) is 4.00. The van der Waals surface area contributed by atoms with Gasteiger partial charge in [-0.1, -0.05) is 6.92 Å². The van der Waals surface area contributed by atoms with E-state index in [9.17, 15) is 0 Å². The molecule has 0 fully saturated rings. The van der Waals surface area contributed by atoms with Crippen LogP contribution in [0.2, 0.25) is 0 Å². The summed E-state index contributed by atoms with van der Waals surface area (Å²) in [6.07, 6.45) is 3.05. The van der Waals surface area contributed by atoms with E-state index < -0.39 is 0 Å². The lowest BCUT2D eigenvalue weighted by atomic mass is 10.1. The van der Waals surface area contributed by atoms with Crippen molar-refractivity contribution in [3.8, 4) is 0 Å². The lowest BCUT2D eigenvalue weighted by molar-refractivity contribution is 0.429. The third-order valence-electron chi connectivity index (χ3n) is 2.60. The topological polar surface area (TPSA) is 69.9 Å². The molecular weight excluding hydrogens is 204 g/mol. The van der Waals surface area contributed by atoms with Gasteiger partial charge < -0.3 is 10.2 Å². The quantitative estimate of drug-likeness (QED) is 0.840. The first-order chi connectivity index (χ1) is 7.70. The Hall–Kier alpha value is -1.62. The van der Waals surface area contributed by atoms with Crippen molar-refractivity contribution in [1.29, 1.82) is 0 Å². The first kappa shape index (κ1) is 10.9. The van der Waals surface area contributed by atoms with Crippen molar-refractivity contribution in [1.82, 2.24) is 14.8 Å². The third-order valence-corrected chi connectivity index (χ3v) is 2.60. The molecule has 0 saturated heterocycles. The van der Waals surface area contributed by atoms with Crippen LogP contribution < -0.4 is 5.73 Å². The number of aryl methyl sites for hydroxylation is 2. The summed E-state index contributed by atoms with van der Waals surface area (Å²) >= 11 is 0. The molecule has 86 valence electrons. The minimum absolute atomic E-state index is 0.164. The molecule has 1 atom stereocenters. The maximum atomic E-state index is 6.05. The van der Waals surface area contributed by atoms with Crippen molar-refractivity contribution in [3.05, 3.63) is 35.8 Å². The van der Waals surface area contributed by atoms with Crippen LogP contribution in [0.25, 0.3) is 0 Å². The molecule has 0 radical (unpaired) electrons. The van der Waals surface area contributed by atoms with Gasteiger partial charge in [-0.2, -0.15) is 5.10 Å². The molecular formula is C11H16N4O. The molecule has 0 aromatic carbocycles. The predicted molar refractivity (Wildman–Crippen MR) is 59.7 cm³/mol. The smallest absolute Gasteiger partial charge is 0.138 e. The van der Waals surface area contributed by atoms with E-state index in [1.165, 1.54) is 6.33 Å². The van der Waals surface area contributed by atoms with Crippen LogP contribution >= 0.6 is 0 Å². The Morgan fingerprint density at radius 1 is 1.50 bits per heavy atom. The van der Waals surface area contributed by atoms with Crippen molar-refractivity contribution < 1.29 is 4.42 Å². The Morgan fingerprint density at radius 3 is 2.88 bits per heavy atom. The van der Waals surface area contributed by atoms with Crippen molar-refractivity contribution in [2.75, 3.05) is 0 Å². The molecule has 2 aromatic heterocycles. The van der Waals surface area contributed by atoms with Gasteiger partial charge in [-0.25, -0.2) is 4.98 Å². The number of hydrogen-bond acceptors (Lipinski definition) is 4. The molecule has 0 spiro atoms. The van der Waals surface area contributed by atoms with Crippen LogP contribution in [0.5, 0.6) is 0 Å². The number of aromatic nitrogens is 3. The highest BCUT2D eigenvalue weighted by molar-refractivity contribution is 5.11. The molecule has 0 aliphatic carbocycles. The maximum absolute atomic E-state index is 6.05. The van der Waals surface area contributed by atoms with Crippen molar-refractivity contribution in [2.45, 2.75) is 25.8 Å². The van der Waals surface area contributed by atoms with Crippen LogP contribution in [0.3, 0.4) is 0 Å². The summed E-state index contributed by atoms with van der Waals surface area (Å²) in [7, 11) is 1.86.